The van der Waals surface area contributed by atoms with Crippen LogP contribution < -0.4 is 10.5 Å². The number of hydrogen-bond donors (Lipinski definition) is 1. The van der Waals surface area contributed by atoms with Gasteiger partial charge in [-0.3, -0.25) is 9.78 Å². The Balaban J connectivity index is 0.000000941. The maximum atomic E-state index is 11.6. The summed E-state index contributed by atoms with van der Waals surface area (Å²) in [5.41, 5.74) is 8.72. The molecular weight excluding hydrogens is 372 g/mol. The lowest BCUT2D eigenvalue weighted by Gasteiger charge is -2.29. The van der Waals surface area contributed by atoms with Crippen LogP contribution >= 0.6 is 0 Å². The topological polar surface area (TPSA) is 109 Å². The molecule has 0 radical (unpaired) electrons. The predicted molar refractivity (Wildman–Crippen MR) is 108 cm³/mol. The number of nitrogen functional groups attached to an aromatic ring is 1. The van der Waals surface area contributed by atoms with E-state index in [0.717, 1.165) is 54.5 Å². The SMILES string of the molecule is COCC(=O)CCC1CCC(Oc2cccc3nc(C)cc(N)c23)CC1.O=C=O. The molecule has 0 amide bonds. The van der Waals surface area contributed by atoms with Crippen molar-refractivity contribution in [3.05, 3.63) is 30.0 Å². The third-order valence-corrected chi connectivity index (χ3v) is 5.18. The number of ether oxygens (including phenoxy) is 2. The highest BCUT2D eigenvalue weighted by Crippen LogP contribution is 2.35. The molecule has 1 aliphatic rings. The number of rotatable bonds is 7. The Hall–Kier alpha value is -2.76. The fraction of sp³-hybridized carbons (Fsp3) is 0.500. The summed E-state index contributed by atoms with van der Waals surface area (Å²) in [4.78, 5) is 32.4. The highest BCUT2D eigenvalue weighted by molar-refractivity contribution is 5.95. The molecular formula is C22H28N2O5. The number of carbonyl (C=O) groups is 1. The lowest BCUT2D eigenvalue weighted by molar-refractivity contribution is -0.191. The third-order valence-electron chi connectivity index (χ3n) is 5.18. The van der Waals surface area contributed by atoms with Gasteiger partial charge in [-0.1, -0.05) is 6.07 Å². The molecule has 156 valence electrons. The van der Waals surface area contributed by atoms with Gasteiger partial charge in [0.1, 0.15) is 12.4 Å². The van der Waals surface area contributed by atoms with Gasteiger partial charge in [0, 0.05) is 24.9 Å². The van der Waals surface area contributed by atoms with Gasteiger partial charge in [0.05, 0.1) is 17.0 Å². The molecule has 1 aromatic heterocycles. The number of Topliss-reactive ketones (excluding diaryl/α,β-unsaturated/α-hetero) is 1. The van der Waals surface area contributed by atoms with Gasteiger partial charge in [-0.25, -0.2) is 0 Å². The molecule has 1 aromatic carbocycles. The first-order valence-electron chi connectivity index (χ1n) is 9.80. The van der Waals surface area contributed by atoms with Gasteiger partial charge >= 0.3 is 6.15 Å². The van der Waals surface area contributed by atoms with Crippen molar-refractivity contribution in [1.29, 1.82) is 0 Å². The number of aryl methyl sites for hydroxylation is 1. The van der Waals surface area contributed by atoms with Crippen LogP contribution in [-0.4, -0.2) is 36.7 Å². The molecule has 1 fully saturated rings. The highest BCUT2D eigenvalue weighted by atomic mass is 16.5. The second-order valence-electron chi connectivity index (χ2n) is 7.36. The van der Waals surface area contributed by atoms with E-state index in [4.69, 9.17) is 24.8 Å². The number of anilines is 1. The van der Waals surface area contributed by atoms with Crippen LogP contribution in [-0.2, 0) is 19.1 Å². The van der Waals surface area contributed by atoms with Gasteiger partial charge in [-0.15, -0.1) is 0 Å². The molecule has 0 atom stereocenters. The van der Waals surface area contributed by atoms with Crippen molar-refractivity contribution in [3.63, 3.8) is 0 Å². The van der Waals surface area contributed by atoms with Gasteiger partial charge in [0.15, 0.2) is 5.78 Å². The van der Waals surface area contributed by atoms with Gasteiger partial charge in [0.2, 0.25) is 0 Å². The Morgan fingerprint density at radius 1 is 1.24 bits per heavy atom. The minimum atomic E-state index is 0.194. The summed E-state index contributed by atoms with van der Waals surface area (Å²) in [7, 11) is 1.57. The molecule has 3 rings (SSSR count). The van der Waals surface area contributed by atoms with E-state index in [1.807, 2.05) is 31.2 Å². The standard InChI is InChI=1S/C21H28N2O3.CO2/c1-14-12-18(22)21-19(23-14)4-3-5-20(21)26-17-10-7-15(8-11-17)6-9-16(24)13-25-2;2-1-3/h3-5,12,15,17H,6-11,13H2,1-2H3,(H2,22,23);. The minimum Gasteiger partial charge on any atom is -0.490 e. The average Bonchev–Trinajstić information content (AvgIpc) is 2.68. The molecule has 7 nitrogen and oxygen atoms in total. The Morgan fingerprint density at radius 2 is 1.93 bits per heavy atom. The molecule has 0 spiro atoms. The molecule has 7 heteroatoms. The summed E-state index contributed by atoms with van der Waals surface area (Å²) in [6, 6.07) is 7.81. The predicted octanol–water partition coefficient (Wildman–Crippen LogP) is 3.48. The number of nitrogens with zero attached hydrogens (tertiary/aromatic N) is 1. The van der Waals surface area contributed by atoms with Crippen LogP contribution in [0.15, 0.2) is 24.3 Å². The molecule has 0 unspecified atom stereocenters. The zero-order valence-corrected chi connectivity index (χ0v) is 17.0. The molecule has 0 aliphatic heterocycles. The van der Waals surface area contributed by atoms with Crippen LogP contribution in [0, 0.1) is 12.8 Å². The lowest BCUT2D eigenvalue weighted by Crippen LogP contribution is -2.24. The van der Waals surface area contributed by atoms with Crippen molar-refractivity contribution in [2.45, 2.75) is 51.6 Å². The van der Waals surface area contributed by atoms with Crippen molar-refractivity contribution >= 4 is 28.5 Å². The maximum absolute atomic E-state index is 11.6. The smallest absolute Gasteiger partial charge is 0.373 e. The van der Waals surface area contributed by atoms with Crippen molar-refractivity contribution in [2.75, 3.05) is 19.5 Å². The second-order valence-corrected chi connectivity index (χ2v) is 7.36. The third kappa shape index (κ3) is 6.66. The average molecular weight is 400 g/mol. The summed E-state index contributed by atoms with van der Waals surface area (Å²) < 4.78 is 11.2. The normalized spacial score (nSPS) is 18.4. The van der Waals surface area contributed by atoms with E-state index in [1.54, 1.807) is 7.11 Å². The first kappa shape index (κ1) is 22.5. The summed E-state index contributed by atoms with van der Waals surface area (Å²) in [6.45, 7) is 2.18. The van der Waals surface area contributed by atoms with Crippen molar-refractivity contribution in [1.82, 2.24) is 4.98 Å². The molecule has 1 heterocycles. The zero-order valence-electron chi connectivity index (χ0n) is 17.0. The number of pyridine rings is 1. The van der Waals surface area contributed by atoms with Gasteiger partial charge in [-0.2, -0.15) is 9.59 Å². The van der Waals surface area contributed by atoms with Crippen LogP contribution in [0.25, 0.3) is 10.9 Å². The largest absolute Gasteiger partial charge is 0.490 e. The Kier molecular flexibility index (Phi) is 8.77. The van der Waals surface area contributed by atoms with Crippen LogP contribution in [0.1, 0.15) is 44.2 Å². The van der Waals surface area contributed by atoms with Crippen molar-refractivity contribution in [2.24, 2.45) is 5.92 Å². The summed E-state index contributed by atoms with van der Waals surface area (Å²) >= 11 is 0. The highest BCUT2D eigenvalue weighted by Gasteiger charge is 2.23. The number of benzene rings is 1. The van der Waals surface area contributed by atoms with Crippen molar-refractivity contribution < 1.29 is 23.9 Å². The first-order chi connectivity index (χ1) is 14.0. The fourth-order valence-corrected chi connectivity index (χ4v) is 3.84. The monoisotopic (exact) mass is 400 g/mol. The van der Waals surface area contributed by atoms with E-state index >= 15 is 0 Å². The van der Waals surface area contributed by atoms with E-state index in [0.29, 0.717) is 18.0 Å². The van der Waals surface area contributed by atoms with E-state index in [1.165, 1.54) is 0 Å². The van der Waals surface area contributed by atoms with Crippen LogP contribution in [0.2, 0.25) is 0 Å². The summed E-state index contributed by atoms with van der Waals surface area (Å²) in [6.07, 6.45) is 6.25. The zero-order chi connectivity index (χ0) is 21.2. The van der Waals surface area contributed by atoms with E-state index < -0.39 is 0 Å². The number of nitrogens with two attached hydrogens (primary N) is 1. The molecule has 0 bridgehead atoms. The number of hydrogen-bond acceptors (Lipinski definition) is 7. The number of aromatic nitrogens is 1. The number of ketones is 1. The van der Waals surface area contributed by atoms with Crippen LogP contribution in [0.3, 0.4) is 0 Å². The first-order valence-corrected chi connectivity index (χ1v) is 9.80. The second kappa shape index (κ2) is 11.3. The maximum Gasteiger partial charge on any atom is 0.373 e. The minimum absolute atomic E-state index is 0.194. The van der Waals surface area contributed by atoms with Gasteiger partial charge < -0.3 is 15.2 Å². The molecule has 2 N–H and O–H groups in total. The summed E-state index contributed by atoms with van der Waals surface area (Å²) in [5, 5.41) is 0.908. The molecule has 29 heavy (non-hydrogen) atoms. The number of fused-ring (bicyclic) bond motifs is 1. The molecule has 1 saturated carbocycles. The van der Waals surface area contributed by atoms with E-state index in [2.05, 4.69) is 4.98 Å². The molecule has 1 aliphatic carbocycles. The quantitative estimate of drug-likeness (QED) is 0.758. The molecule has 0 saturated heterocycles. The Labute approximate surface area is 170 Å². The van der Waals surface area contributed by atoms with E-state index in [-0.39, 0.29) is 24.6 Å². The fourth-order valence-electron chi connectivity index (χ4n) is 3.84. The van der Waals surface area contributed by atoms with E-state index in [9.17, 15) is 4.79 Å². The van der Waals surface area contributed by atoms with Gasteiger partial charge in [-0.05, 0) is 63.1 Å². The Morgan fingerprint density at radius 3 is 2.59 bits per heavy atom. The van der Waals surface area contributed by atoms with Gasteiger partial charge in [0.25, 0.3) is 0 Å². The molecule has 2 aromatic rings. The number of methoxy groups -OCH3 is 1. The lowest BCUT2D eigenvalue weighted by atomic mass is 9.84. The van der Waals surface area contributed by atoms with Crippen LogP contribution in [0.4, 0.5) is 5.69 Å². The van der Waals surface area contributed by atoms with Crippen molar-refractivity contribution in [3.8, 4) is 5.75 Å². The number of carbonyl (C=O) groups excluding carboxylic acids is 3. The van der Waals surface area contributed by atoms with Crippen LogP contribution in [0.5, 0.6) is 5.75 Å². The summed E-state index contributed by atoms with van der Waals surface area (Å²) in [5.74, 6) is 1.63. The Bertz CT molecular complexity index is 854.